The Labute approximate surface area is 140 Å². The molecule has 3 rings (SSSR count). The Morgan fingerprint density at radius 3 is 2.83 bits per heavy atom. The van der Waals surface area contributed by atoms with Gasteiger partial charge >= 0.3 is 0 Å². The number of hydrogen-bond acceptors (Lipinski definition) is 3. The number of hydrogen-bond donors (Lipinski definition) is 3. The van der Waals surface area contributed by atoms with E-state index in [9.17, 15) is 4.79 Å². The van der Waals surface area contributed by atoms with Crippen molar-refractivity contribution >= 4 is 34.6 Å². The van der Waals surface area contributed by atoms with Gasteiger partial charge in [0.15, 0.2) is 11.2 Å². The molecule has 0 unspecified atom stereocenters. The first kappa shape index (κ1) is 15.3. The van der Waals surface area contributed by atoms with Crippen molar-refractivity contribution in [3.05, 3.63) is 54.1 Å². The molecule has 1 atom stereocenters. The molecule has 1 aliphatic rings. The second kappa shape index (κ2) is 6.66. The summed E-state index contributed by atoms with van der Waals surface area (Å²) in [5, 5.41) is 9.58. The SMILES string of the molecule is C[C@H]1Oc2ccc(NC(=S)NCc3ccccc3)cc2NC1=O. The molecular weight excluding hydrogens is 310 g/mol. The molecule has 0 saturated heterocycles. The van der Waals surface area contributed by atoms with Gasteiger partial charge in [-0.05, 0) is 42.9 Å². The molecule has 1 aliphatic heterocycles. The highest BCUT2D eigenvalue weighted by molar-refractivity contribution is 7.80. The number of carbonyl (C=O) groups excluding carboxylic acids is 1. The quantitative estimate of drug-likeness (QED) is 0.757. The van der Waals surface area contributed by atoms with Crippen molar-refractivity contribution in [3.8, 4) is 5.75 Å². The summed E-state index contributed by atoms with van der Waals surface area (Å²) >= 11 is 5.29. The lowest BCUT2D eigenvalue weighted by molar-refractivity contribution is -0.122. The molecule has 1 heterocycles. The summed E-state index contributed by atoms with van der Waals surface area (Å²) < 4.78 is 5.52. The minimum absolute atomic E-state index is 0.153. The lowest BCUT2D eigenvalue weighted by Crippen LogP contribution is -2.34. The van der Waals surface area contributed by atoms with Crippen LogP contribution in [0.1, 0.15) is 12.5 Å². The molecule has 0 spiro atoms. The molecule has 6 heteroatoms. The highest BCUT2D eigenvalue weighted by atomic mass is 32.1. The van der Waals surface area contributed by atoms with Gasteiger partial charge in [0.25, 0.3) is 5.91 Å². The van der Waals surface area contributed by atoms with Gasteiger partial charge in [-0.25, -0.2) is 0 Å². The van der Waals surface area contributed by atoms with Crippen molar-refractivity contribution in [2.45, 2.75) is 19.6 Å². The maximum atomic E-state index is 11.7. The Bertz CT molecular complexity index is 734. The van der Waals surface area contributed by atoms with Gasteiger partial charge in [0.2, 0.25) is 0 Å². The maximum absolute atomic E-state index is 11.7. The molecule has 0 radical (unpaired) electrons. The van der Waals surface area contributed by atoms with E-state index < -0.39 is 6.10 Å². The standard InChI is InChI=1S/C17H17N3O2S/c1-11-16(21)20-14-9-13(7-8-15(14)22-11)19-17(23)18-10-12-5-3-2-4-6-12/h2-9,11H,10H2,1H3,(H,20,21)(H2,18,19,23)/t11-/m1/s1. The second-order valence-corrected chi connectivity index (χ2v) is 5.66. The summed E-state index contributed by atoms with van der Waals surface area (Å²) in [5.74, 6) is 0.505. The Hall–Kier alpha value is -2.60. The molecule has 2 aromatic carbocycles. The molecule has 0 saturated carbocycles. The van der Waals surface area contributed by atoms with Crippen molar-refractivity contribution in [1.29, 1.82) is 0 Å². The summed E-state index contributed by atoms with van der Waals surface area (Å²) in [6, 6.07) is 15.5. The largest absolute Gasteiger partial charge is 0.479 e. The van der Waals surface area contributed by atoms with E-state index >= 15 is 0 Å². The molecular formula is C17H17N3O2S. The second-order valence-electron chi connectivity index (χ2n) is 5.25. The van der Waals surface area contributed by atoms with Crippen LogP contribution >= 0.6 is 12.2 Å². The van der Waals surface area contributed by atoms with Crippen LogP contribution in [-0.4, -0.2) is 17.1 Å². The fourth-order valence-corrected chi connectivity index (χ4v) is 2.43. The number of carbonyl (C=O) groups is 1. The van der Waals surface area contributed by atoms with Crippen LogP contribution < -0.4 is 20.7 Å². The van der Waals surface area contributed by atoms with Crippen LogP contribution in [0.4, 0.5) is 11.4 Å². The minimum atomic E-state index is -0.477. The van der Waals surface area contributed by atoms with Crippen molar-refractivity contribution in [2.75, 3.05) is 10.6 Å². The van der Waals surface area contributed by atoms with Gasteiger partial charge in [-0.15, -0.1) is 0 Å². The molecule has 118 valence electrons. The van der Waals surface area contributed by atoms with E-state index in [0.29, 0.717) is 23.1 Å². The number of rotatable bonds is 3. The summed E-state index contributed by atoms with van der Waals surface area (Å²) in [5.41, 5.74) is 2.58. The van der Waals surface area contributed by atoms with Gasteiger partial charge in [0, 0.05) is 12.2 Å². The molecule has 23 heavy (non-hydrogen) atoms. The van der Waals surface area contributed by atoms with Gasteiger partial charge in [-0.2, -0.15) is 0 Å². The molecule has 2 aromatic rings. The molecule has 1 amide bonds. The van der Waals surface area contributed by atoms with Crippen LogP contribution in [0.2, 0.25) is 0 Å². The van der Waals surface area contributed by atoms with Gasteiger partial charge in [-0.1, -0.05) is 30.3 Å². The Morgan fingerprint density at radius 1 is 1.26 bits per heavy atom. The van der Waals surface area contributed by atoms with Crippen LogP contribution in [0.5, 0.6) is 5.75 Å². The zero-order valence-corrected chi connectivity index (χ0v) is 13.4. The average Bonchev–Trinajstić information content (AvgIpc) is 2.55. The predicted octanol–water partition coefficient (Wildman–Crippen LogP) is 2.89. The average molecular weight is 327 g/mol. The first-order valence-corrected chi connectivity index (χ1v) is 7.73. The number of thiocarbonyl (C=S) groups is 1. The monoisotopic (exact) mass is 327 g/mol. The van der Waals surface area contributed by atoms with E-state index in [1.807, 2.05) is 42.5 Å². The van der Waals surface area contributed by atoms with Crippen molar-refractivity contribution < 1.29 is 9.53 Å². The first-order valence-electron chi connectivity index (χ1n) is 7.32. The molecule has 3 N–H and O–H groups in total. The fourth-order valence-electron chi connectivity index (χ4n) is 2.24. The maximum Gasteiger partial charge on any atom is 0.265 e. The summed E-state index contributed by atoms with van der Waals surface area (Å²) in [6.07, 6.45) is -0.477. The Balaban J connectivity index is 1.61. The topological polar surface area (TPSA) is 62.4 Å². The van der Waals surface area contributed by atoms with E-state index in [4.69, 9.17) is 17.0 Å². The summed E-state index contributed by atoms with van der Waals surface area (Å²) in [7, 11) is 0. The molecule has 0 bridgehead atoms. The third-order valence-electron chi connectivity index (χ3n) is 3.46. The zero-order valence-electron chi connectivity index (χ0n) is 12.6. The van der Waals surface area contributed by atoms with E-state index in [1.165, 1.54) is 0 Å². The fraction of sp³-hybridized carbons (Fsp3) is 0.176. The van der Waals surface area contributed by atoms with Gasteiger partial charge in [0.05, 0.1) is 5.69 Å². The van der Waals surface area contributed by atoms with Crippen LogP contribution in [-0.2, 0) is 11.3 Å². The van der Waals surface area contributed by atoms with E-state index in [1.54, 1.807) is 13.0 Å². The normalized spacial score (nSPS) is 15.9. The predicted molar refractivity (Wildman–Crippen MR) is 94.7 cm³/mol. The number of ether oxygens (including phenoxy) is 1. The molecule has 0 aliphatic carbocycles. The lowest BCUT2D eigenvalue weighted by Gasteiger charge is -2.23. The van der Waals surface area contributed by atoms with Crippen LogP contribution in [0.25, 0.3) is 0 Å². The van der Waals surface area contributed by atoms with Crippen molar-refractivity contribution in [3.63, 3.8) is 0 Å². The Kier molecular flexibility index (Phi) is 4.43. The highest BCUT2D eigenvalue weighted by Gasteiger charge is 2.23. The van der Waals surface area contributed by atoms with E-state index in [2.05, 4.69) is 16.0 Å². The van der Waals surface area contributed by atoms with Crippen LogP contribution in [0.3, 0.4) is 0 Å². The lowest BCUT2D eigenvalue weighted by atomic mass is 10.2. The van der Waals surface area contributed by atoms with E-state index in [-0.39, 0.29) is 5.91 Å². The third-order valence-corrected chi connectivity index (χ3v) is 3.71. The summed E-state index contributed by atoms with van der Waals surface area (Å²) in [6.45, 7) is 2.36. The first-order chi connectivity index (χ1) is 11.1. The number of nitrogens with one attached hydrogen (secondary N) is 3. The van der Waals surface area contributed by atoms with Gasteiger partial charge < -0.3 is 20.7 Å². The number of fused-ring (bicyclic) bond motifs is 1. The number of anilines is 2. The molecule has 0 fully saturated rings. The zero-order chi connectivity index (χ0) is 16.2. The highest BCUT2D eigenvalue weighted by Crippen LogP contribution is 2.32. The third kappa shape index (κ3) is 3.78. The van der Waals surface area contributed by atoms with Crippen LogP contribution in [0, 0.1) is 0 Å². The minimum Gasteiger partial charge on any atom is -0.479 e. The summed E-state index contributed by atoms with van der Waals surface area (Å²) in [4.78, 5) is 11.7. The smallest absolute Gasteiger partial charge is 0.265 e. The number of amides is 1. The van der Waals surface area contributed by atoms with Crippen molar-refractivity contribution in [1.82, 2.24) is 5.32 Å². The molecule has 0 aromatic heterocycles. The van der Waals surface area contributed by atoms with E-state index in [0.717, 1.165) is 11.3 Å². The Morgan fingerprint density at radius 2 is 2.04 bits per heavy atom. The number of benzene rings is 2. The van der Waals surface area contributed by atoms with Gasteiger partial charge in [0.1, 0.15) is 5.75 Å². The van der Waals surface area contributed by atoms with Gasteiger partial charge in [-0.3, -0.25) is 4.79 Å². The van der Waals surface area contributed by atoms with Crippen LogP contribution in [0.15, 0.2) is 48.5 Å². The molecule has 5 nitrogen and oxygen atoms in total. The van der Waals surface area contributed by atoms with Crippen molar-refractivity contribution in [2.24, 2.45) is 0 Å².